The summed E-state index contributed by atoms with van der Waals surface area (Å²) in [4.78, 5) is 26.0. The third-order valence-corrected chi connectivity index (χ3v) is 4.71. The van der Waals surface area contributed by atoms with Crippen LogP contribution in [0.1, 0.15) is 30.4 Å². The van der Waals surface area contributed by atoms with E-state index in [-0.39, 0.29) is 30.4 Å². The second kappa shape index (κ2) is 9.63. The highest BCUT2D eigenvalue weighted by Gasteiger charge is 2.20. The Bertz CT molecular complexity index is 590. The molecule has 6 nitrogen and oxygen atoms in total. The summed E-state index contributed by atoms with van der Waals surface area (Å²) in [7, 11) is 0. The monoisotopic (exact) mass is 366 g/mol. The maximum atomic E-state index is 12.3. The molecular weight excluding hydrogens is 340 g/mol. The van der Waals surface area contributed by atoms with Crippen LogP contribution in [-0.4, -0.2) is 49.1 Å². The molecule has 2 aliphatic rings. The Hall–Kier alpha value is -1.79. The van der Waals surface area contributed by atoms with Crippen molar-refractivity contribution in [1.29, 1.82) is 0 Å². The van der Waals surface area contributed by atoms with Crippen LogP contribution in [0.5, 0.6) is 0 Å². The van der Waals surface area contributed by atoms with Crippen LogP contribution in [-0.2, 0) is 17.8 Å². The van der Waals surface area contributed by atoms with Crippen molar-refractivity contribution in [3.63, 3.8) is 0 Å². The molecule has 0 bridgehead atoms. The summed E-state index contributed by atoms with van der Waals surface area (Å²) in [6, 6.07) is 8.37. The Morgan fingerprint density at radius 3 is 2.80 bits per heavy atom. The second-order valence-electron chi connectivity index (χ2n) is 6.53. The van der Waals surface area contributed by atoms with E-state index in [1.54, 1.807) is 0 Å². The Labute approximate surface area is 155 Å². The number of fused-ring (bicyclic) bond motifs is 1. The third kappa shape index (κ3) is 5.61. The smallest absolute Gasteiger partial charge is 0.317 e. The summed E-state index contributed by atoms with van der Waals surface area (Å²) in [6.07, 6.45) is 3.34. The quantitative estimate of drug-likeness (QED) is 0.754. The van der Waals surface area contributed by atoms with Crippen molar-refractivity contribution in [3.8, 4) is 0 Å². The number of amides is 3. The highest BCUT2D eigenvalue weighted by molar-refractivity contribution is 5.85. The van der Waals surface area contributed by atoms with Crippen LogP contribution in [0.2, 0.25) is 0 Å². The van der Waals surface area contributed by atoms with E-state index >= 15 is 0 Å². The first-order chi connectivity index (χ1) is 11.7. The van der Waals surface area contributed by atoms with Crippen LogP contribution in [0, 0.1) is 0 Å². The lowest BCUT2D eigenvalue weighted by molar-refractivity contribution is -0.121. The Balaban J connectivity index is 0.00000225. The molecule has 3 rings (SSSR count). The number of rotatable bonds is 4. The van der Waals surface area contributed by atoms with Gasteiger partial charge in [0.15, 0.2) is 0 Å². The van der Waals surface area contributed by atoms with E-state index in [1.807, 2.05) is 17.0 Å². The molecular formula is C18H27ClN4O2. The van der Waals surface area contributed by atoms with E-state index in [0.29, 0.717) is 19.5 Å². The van der Waals surface area contributed by atoms with Crippen molar-refractivity contribution < 1.29 is 9.59 Å². The van der Waals surface area contributed by atoms with Crippen LogP contribution in [0.25, 0.3) is 0 Å². The van der Waals surface area contributed by atoms with Crippen LogP contribution in [0.4, 0.5) is 4.79 Å². The summed E-state index contributed by atoms with van der Waals surface area (Å²) < 4.78 is 0. The lowest BCUT2D eigenvalue weighted by atomic mass is 10.0. The van der Waals surface area contributed by atoms with E-state index < -0.39 is 0 Å². The van der Waals surface area contributed by atoms with Crippen LogP contribution < -0.4 is 16.0 Å². The zero-order chi connectivity index (χ0) is 16.8. The van der Waals surface area contributed by atoms with E-state index in [9.17, 15) is 9.59 Å². The summed E-state index contributed by atoms with van der Waals surface area (Å²) in [5.41, 5.74) is 2.53. The van der Waals surface area contributed by atoms with Gasteiger partial charge in [0.2, 0.25) is 5.91 Å². The number of halogens is 1. The number of benzene rings is 1. The predicted molar refractivity (Wildman–Crippen MR) is 99.9 cm³/mol. The highest BCUT2D eigenvalue weighted by Crippen LogP contribution is 2.18. The predicted octanol–water partition coefficient (Wildman–Crippen LogP) is 1.43. The lowest BCUT2D eigenvalue weighted by Gasteiger charge is -2.29. The van der Waals surface area contributed by atoms with Crippen LogP contribution in [0.15, 0.2) is 24.3 Å². The van der Waals surface area contributed by atoms with Gasteiger partial charge in [0.25, 0.3) is 0 Å². The first-order valence-electron chi connectivity index (χ1n) is 8.82. The van der Waals surface area contributed by atoms with Crippen LogP contribution >= 0.6 is 12.4 Å². The SMILES string of the molecule is Cl.O=C(CCNC(=O)N1CCc2ccccc2C1)N[C@H]1CCCNC1. The number of hydrogen-bond donors (Lipinski definition) is 3. The van der Waals surface area contributed by atoms with Gasteiger partial charge in [0, 0.05) is 38.6 Å². The number of carbonyl (C=O) groups is 2. The highest BCUT2D eigenvalue weighted by atomic mass is 35.5. The van der Waals surface area contributed by atoms with Gasteiger partial charge < -0.3 is 20.9 Å². The first kappa shape index (κ1) is 19.5. The van der Waals surface area contributed by atoms with Gasteiger partial charge in [-0.05, 0) is 36.9 Å². The molecule has 0 unspecified atom stereocenters. The zero-order valence-electron chi connectivity index (χ0n) is 14.4. The molecule has 25 heavy (non-hydrogen) atoms. The number of carbonyl (C=O) groups excluding carboxylic acids is 2. The zero-order valence-corrected chi connectivity index (χ0v) is 15.2. The van der Waals surface area contributed by atoms with Crippen molar-refractivity contribution in [3.05, 3.63) is 35.4 Å². The van der Waals surface area contributed by atoms with Crippen molar-refractivity contribution in [1.82, 2.24) is 20.9 Å². The summed E-state index contributed by atoms with van der Waals surface area (Å²) in [5, 5.41) is 9.16. The van der Waals surface area contributed by atoms with Crippen molar-refractivity contribution >= 4 is 24.3 Å². The normalized spacial score (nSPS) is 19.4. The molecule has 3 amide bonds. The minimum Gasteiger partial charge on any atom is -0.352 e. The molecule has 7 heteroatoms. The Kier molecular flexibility index (Phi) is 7.52. The van der Waals surface area contributed by atoms with Crippen molar-refractivity contribution in [2.75, 3.05) is 26.2 Å². The molecule has 0 spiro atoms. The van der Waals surface area contributed by atoms with E-state index in [1.165, 1.54) is 11.1 Å². The van der Waals surface area contributed by atoms with Gasteiger partial charge >= 0.3 is 6.03 Å². The second-order valence-corrected chi connectivity index (χ2v) is 6.53. The maximum Gasteiger partial charge on any atom is 0.317 e. The average Bonchev–Trinajstić information content (AvgIpc) is 2.62. The van der Waals surface area contributed by atoms with Gasteiger partial charge in [-0.1, -0.05) is 24.3 Å². The maximum absolute atomic E-state index is 12.3. The van der Waals surface area contributed by atoms with Gasteiger partial charge in [0.05, 0.1) is 0 Å². The fraction of sp³-hybridized carbons (Fsp3) is 0.556. The van der Waals surface area contributed by atoms with E-state index in [2.05, 4.69) is 28.1 Å². The molecule has 1 fully saturated rings. The molecule has 2 aliphatic heterocycles. The Morgan fingerprint density at radius 2 is 2.04 bits per heavy atom. The Morgan fingerprint density at radius 1 is 1.24 bits per heavy atom. The molecule has 1 aromatic rings. The molecule has 1 saturated heterocycles. The van der Waals surface area contributed by atoms with Gasteiger partial charge in [-0.25, -0.2) is 4.79 Å². The molecule has 0 radical (unpaired) electrons. The molecule has 0 aromatic heterocycles. The number of nitrogens with one attached hydrogen (secondary N) is 3. The van der Waals surface area contributed by atoms with Crippen LogP contribution in [0.3, 0.4) is 0 Å². The van der Waals surface area contributed by atoms with Gasteiger partial charge in [0.1, 0.15) is 0 Å². The molecule has 3 N–H and O–H groups in total. The standard InChI is InChI=1S/C18H26N4O2.ClH/c23-17(21-16-6-3-9-19-12-16)7-10-20-18(24)22-11-8-14-4-1-2-5-15(14)13-22;/h1-2,4-5,16,19H,3,6-13H2,(H,20,24)(H,21,23);1H/t16-;/m0./s1. The minimum absolute atomic E-state index is 0. The van der Waals surface area contributed by atoms with E-state index in [0.717, 1.165) is 38.9 Å². The largest absolute Gasteiger partial charge is 0.352 e. The number of urea groups is 1. The third-order valence-electron chi connectivity index (χ3n) is 4.71. The number of nitrogens with zero attached hydrogens (tertiary/aromatic N) is 1. The first-order valence-corrected chi connectivity index (χ1v) is 8.82. The molecule has 0 saturated carbocycles. The van der Waals surface area contributed by atoms with Gasteiger partial charge in [-0.2, -0.15) is 0 Å². The van der Waals surface area contributed by atoms with Gasteiger partial charge in [-0.15, -0.1) is 12.4 Å². The molecule has 138 valence electrons. The average molecular weight is 367 g/mol. The molecule has 1 aromatic carbocycles. The number of piperidine rings is 1. The topological polar surface area (TPSA) is 73.5 Å². The minimum atomic E-state index is -0.0864. The van der Waals surface area contributed by atoms with Crippen molar-refractivity contribution in [2.45, 2.75) is 38.3 Å². The molecule has 1 atom stereocenters. The van der Waals surface area contributed by atoms with Gasteiger partial charge in [-0.3, -0.25) is 4.79 Å². The molecule has 0 aliphatic carbocycles. The summed E-state index contributed by atoms with van der Waals surface area (Å²) >= 11 is 0. The van der Waals surface area contributed by atoms with E-state index in [4.69, 9.17) is 0 Å². The lowest BCUT2D eigenvalue weighted by Crippen LogP contribution is -2.47. The number of hydrogen-bond acceptors (Lipinski definition) is 3. The van der Waals surface area contributed by atoms with Crippen molar-refractivity contribution in [2.24, 2.45) is 0 Å². The summed E-state index contributed by atoms with van der Waals surface area (Å²) in [5.74, 6) is 0.00740. The fourth-order valence-corrected chi connectivity index (χ4v) is 3.34. The summed E-state index contributed by atoms with van der Waals surface area (Å²) in [6.45, 7) is 3.61. The molecule has 2 heterocycles. The fourth-order valence-electron chi connectivity index (χ4n) is 3.34.